The van der Waals surface area contributed by atoms with Gasteiger partial charge in [0.05, 0.1) is 25.6 Å². The first-order valence-corrected chi connectivity index (χ1v) is 10.7. The van der Waals surface area contributed by atoms with Crippen LogP contribution in [0.25, 0.3) is 0 Å². The van der Waals surface area contributed by atoms with Crippen LogP contribution in [0.1, 0.15) is 29.7 Å². The van der Waals surface area contributed by atoms with Crippen LogP contribution in [-0.4, -0.2) is 59.3 Å². The SMILES string of the molecule is Cn1c(Cc2nnn(Cc3ccc(Cl)cc3Cl)n2)nn(C2CC(=O)C3OCC2O3)c1=S. The Kier molecular flexibility index (Phi) is 5.39. The van der Waals surface area contributed by atoms with E-state index in [9.17, 15) is 4.79 Å². The van der Waals surface area contributed by atoms with Crippen LogP contribution in [0.4, 0.5) is 0 Å². The highest BCUT2D eigenvalue weighted by molar-refractivity contribution is 7.71. The molecule has 3 aromatic rings. The number of rotatable bonds is 5. The van der Waals surface area contributed by atoms with Crippen molar-refractivity contribution >= 4 is 41.2 Å². The number of Topliss-reactive ketones (excluding diaryl/α,β-unsaturated/α-hetero) is 1. The average molecular weight is 482 g/mol. The van der Waals surface area contributed by atoms with Crippen molar-refractivity contribution in [3.8, 4) is 0 Å². The van der Waals surface area contributed by atoms with E-state index in [4.69, 9.17) is 44.9 Å². The quantitative estimate of drug-likeness (QED) is 0.510. The molecule has 2 fully saturated rings. The first kappa shape index (κ1) is 20.7. The van der Waals surface area contributed by atoms with Gasteiger partial charge in [-0.2, -0.15) is 9.90 Å². The Morgan fingerprint density at radius 1 is 1.29 bits per heavy atom. The Morgan fingerprint density at radius 2 is 2.13 bits per heavy atom. The van der Waals surface area contributed by atoms with Gasteiger partial charge >= 0.3 is 0 Å². The molecule has 0 saturated carbocycles. The van der Waals surface area contributed by atoms with Gasteiger partial charge in [-0.15, -0.1) is 10.2 Å². The van der Waals surface area contributed by atoms with Gasteiger partial charge in [0.1, 0.15) is 11.9 Å². The molecule has 1 aromatic carbocycles. The second-order valence-corrected chi connectivity index (χ2v) is 8.64. The number of carbonyl (C=O) groups is 1. The summed E-state index contributed by atoms with van der Waals surface area (Å²) in [6, 6.07) is 4.96. The van der Waals surface area contributed by atoms with Crippen LogP contribution in [-0.2, 0) is 34.3 Å². The fourth-order valence-corrected chi connectivity index (χ4v) is 4.44. The Morgan fingerprint density at radius 3 is 2.94 bits per heavy atom. The predicted octanol–water partition coefficient (Wildman–Crippen LogP) is 2.14. The van der Waals surface area contributed by atoms with Crippen molar-refractivity contribution in [2.45, 2.75) is 37.8 Å². The lowest BCUT2D eigenvalue weighted by molar-refractivity contribution is -0.156. The fraction of sp³-hybridized carbons (Fsp3) is 0.444. The van der Waals surface area contributed by atoms with Crippen molar-refractivity contribution in [1.29, 1.82) is 0 Å². The standard InChI is InChI=1S/C18H17Cl2N7O3S/c1-25-16(23-27(18(25)31)12-5-13(28)17-29-8-14(12)30-17)6-15-21-24-26(22-15)7-9-2-3-10(19)4-11(9)20/h2-4,12,14,17H,5-8H2,1H3. The minimum atomic E-state index is -0.757. The molecule has 162 valence electrons. The summed E-state index contributed by atoms with van der Waals surface area (Å²) < 4.78 is 14.9. The molecule has 2 aliphatic rings. The zero-order chi connectivity index (χ0) is 21.7. The van der Waals surface area contributed by atoms with Gasteiger partial charge in [0.25, 0.3) is 0 Å². The maximum absolute atomic E-state index is 12.1. The smallest absolute Gasteiger partial charge is 0.218 e. The molecule has 0 aliphatic carbocycles. The average Bonchev–Trinajstić information content (AvgIpc) is 3.43. The lowest BCUT2D eigenvalue weighted by Crippen LogP contribution is -2.37. The van der Waals surface area contributed by atoms with Crippen molar-refractivity contribution in [2.75, 3.05) is 6.61 Å². The second-order valence-electron chi connectivity index (χ2n) is 7.43. The molecule has 10 nitrogen and oxygen atoms in total. The summed E-state index contributed by atoms with van der Waals surface area (Å²) in [6.45, 7) is 0.706. The summed E-state index contributed by atoms with van der Waals surface area (Å²) in [5, 5.41) is 18.4. The largest absolute Gasteiger partial charge is 0.343 e. The summed E-state index contributed by atoms with van der Waals surface area (Å²) >= 11 is 17.7. The third-order valence-corrected chi connectivity index (χ3v) is 6.41. The number of halogens is 2. The van der Waals surface area contributed by atoms with Crippen LogP contribution in [0.2, 0.25) is 10.0 Å². The molecule has 3 atom stereocenters. The van der Waals surface area contributed by atoms with Crippen LogP contribution in [0.3, 0.4) is 0 Å². The normalized spacial score (nSPS) is 22.9. The Balaban J connectivity index is 1.35. The van der Waals surface area contributed by atoms with E-state index in [0.717, 1.165) is 5.56 Å². The van der Waals surface area contributed by atoms with Crippen LogP contribution in [0, 0.1) is 4.77 Å². The first-order chi connectivity index (χ1) is 14.9. The number of hydrogen-bond donors (Lipinski definition) is 0. The van der Waals surface area contributed by atoms with E-state index in [0.29, 0.717) is 46.0 Å². The van der Waals surface area contributed by atoms with Crippen molar-refractivity contribution < 1.29 is 14.3 Å². The van der Waals surface area contributed by atoms with E-state index in [-0.39, 0.29) is 24.3 Å². The summed E-state index contributed by atoms with van der Waals surface area (Å²) in [5.74, 6) is 1.04. The lowest BCUT2D eigenvalue weighted by Gasteiger charge is -2.26. The summed E-state index contributed by atoms with van der Waals surface area (Å²) in [7, 11) is 1.82. The number of nitrogens with zero attached hydrogens (tertiary/aromatic N) is 7. The van der Waals surface area contributed by atoms with Crippen molar-refractivity contribution in [3.05, 3.63) is 50.2 Å². The highest BCUT2D eigenvalue weighted by atomic mass is 35.5. The maximum atomic E-state index is 12.1. The van der Waals surface area contributed by atoms with Crippen molar-refractivity contribution in [2.24, 2.45) is 7.05 Å². The number of ether oxygens (including phenoxy) is 2. The Bertz CT molecular complexity index is 1220. The molecular weight excluding hydrogens is 465 g/mol. The number of benzene rings is 1. The van der Waals surface area contributed by atoms with Gasteiger partial charge in [-0.3, -0.25) is 4.79 Å². The van der Waals surface area contributed by atoms with Gasteiger partial charge in [0, 0.05) is 23.5 Å². The zero-order valence-electron chi connectivity index (χ0n) is 16.3. The number of ketones is 1. The highest BCUT2D eigenvalue weighted by Gasteiger charge is 2.45. The van der Waals surface area contributed by atoms with E-state index < -0.39 is 6.29 Å². The van der Waals surface area contributed by atoms with E-state index in [1.165, 1.54) is 4.80 Å². The third-order valence-electron chi connectivity index (χ3n) is 5.36. The van der Waals surface area contributed by atoms with Gasteiger partial charge in [-0.05, 0) is 35.1 Å². The number of carbonyl (C=O) groups excluding carboxylic acids is 1. The third kappa shape index (κ3) is 3.92. The molecule has 0 N–H and O–H groups in total. The summed E-state index contributed by atoms with van der Waals surface area (Å²) in [6.07, 6.45) is -0.407. The van der Waals surface area contributed by atoms with Crippen molar-refractivity contribution in [1.82, 2.24) is 34.6 Å². The van der Waals surface area contributed by atoms with Gasteiger partial charge in [0.15, 0.2) is 16.4 Å². The topological polar surface area (TPSA) is 102 Å². The Labute approximate surface area is 191 Å². The minimum Gasteiger partial charge on any atom is -0.343 e. The highest BCUT2D eigenvalue weighted by Crippen LogP contribution is 2.33. The Hall–Kier alpha value is -2.18. The van der Waals surface area contributed by atoms with Gasteiger partial charge in [0.2, 0.25) is 6.29 Å². The molecule has 0 amide bonds. The van der Waals surface area contributed by atoms with Gasteiger partial charge < -0.3 is 14.0 Å². The van der Waals surface area contributed by atoms with Crippen LogP contribution < -0.4 is 0 Å². The number of tetrazole rings is 1. The molecule has 13 heteroatoms. The van der Waals surface area contributed by atoms with E-state index in [1.54, 1.807) is 21.4 Å². The van der Waals surface area contributed by atoms with Crippen molar-refractivity contribution in [3.63, 3.8) is 0 Å². The predicted molar refractivity (Wildman–Crippen MR) is 111 cm³/mol. The number of fused-ring (bicyclic) bond motifs is 2. The monoisotopic (exact) mass is 481 g/mol. The molecule has 0 radical (unpaired) electrons. The maximum Gasteiger partial charge on any atom is 0.218 e. The molecule has 2 aliphatic heterocycles. The summed E-state index contributed by atoms with van der Waals surface area (Å²) in [4.78, 5) is 13.6. The molecule has 2 aromatic heterocycles. The van der Waals surface area contributed by atoms with E-state index in [1.807, 2.05) is 13.1 Å². The fourth-order valence-electron chi connectivity index (χ4n) is 3.69. The van der Waals surface area contributed by atoms with Crippen LogP contribution >= 0.6 is 35.4 Å². The molecule has 4 heterocycles. The van der Waals surface area contributed by atoms with Crippen LogP contribution in [0.5, 0.6) is 0 Å². The molecule has 3 unspecified atom stereocenters. The first-order valence-electron chi connectivity index (χ1n) is 9.54. The van der Waals surface area contributed by atoms with Crippen LogP contribution in [0.15, 0.2) is 18.2 Å². The lowest BCUT2D eigenvalue weighted by atomic mass is 10.0. The summed E-state index contributed by atoms with van der Waals surface area (Å²) in [5.41, 5.74) is 0.830. The number of hydrogen-bond acceptors (Lipinski definition) is 8. The molecule has 2 saturated heterocycles. The molecule has 0 spiro atoms. The second kappa shape index (κ2) is 8.06. The number of aromatic nitrogens is 7. The molecular formula is C18H17Cl2N7O3S. The van der Waals surface area contributed by atoms with E-state index in [2.05, 4.69) is 20.5 Å². The molecule has 5 rings (SSSR count). The van der Waals surface area contributed by atoms with Gasteiger partial charge in [-0.25, -0.2) is 4.68 Å². The van der Waals surface area contributed by atoms with E-state index >= 15 is 0 Å². The minimum absolute atomic E-state index is 0.0988. The molecule has 2 bridgehead atoms. The molecule has 31 heavy (non-hydrogen) atoms. The van der Waals surface area contributed by atoms with Gasteiger partial charge in [-0.1, -0.05) is 29.3 Å². The zero-order valence-corrected chi connectivity index (χ0v) is 18.6.